The van der Waals surface area contributed by atoms with E-state index >= 15 is 0 Å². The Hall–Kier alpha value is -0.480. The van der Waals surface area contributed by atoms with Gasteiger partial charge in [0.05, 0.1) is 25.9 Å². The molecule has 2 aliphatic rings. The first-order valence-electron chi connectivity index (χ1n) is 11.0. The lowest BCUT2D eigenvalue weighted by atomic mass is 9.97. The van der Waals surface area contributed by atoms with Crippen LogP contribution in [-0.4, -0.2) is 130 Å². The van der Waals surface area contributed by atoms with Crippen LogP contribution in [-0.2, 0) is 23.7 Å². The lowest BCUT2D eigenvalue weighted by Gasteiger charge is -2.46. The lowest BCUT2D eigenvalue weighted by molar-refractivity contribution is -0.360. The van der Waals surface area contributed by atoms with Crippen molar-refractivity contribution in [1.29, 1.82) is 0 Å². The molecule has 2 saturated heterocycles. The van der Waals surface area contributed by atoms with Crippen molar-refractivity contribution in [2.45, 2.75) is 100 Å². The molecule has 5 unspecified atom stereocenters. The average Bonchev–Trinajstić information content (AvgIpc) is 2.80. The van der Waals surface area contributed by atoms with E-state index in [9.17, 15) is 35.7 Å². The molecule has 2 rings (SSSR count). The van der Waals surface area contributed by atoms with Crippen molar-refractivity contribution >= 4 is 0 Å². The van der Waals surface area contributed by atoms with Gasteiger partial charge in [0.25, 0.3) is 0 Å². The molecule has 0 aromatic heterocycles. The summed E-state index contributed by atoms with van der Waals surface area (Å²) in [5.74, 6) is 0. The van der Waals surface area contributed by atoms with Crippen LogP contribution in [0.1, 0.15) is 32.6 Å². The maximum Gasteiger partial charge on any atom is 0.187 e. The quantitative estimate of drug-likeness (QED) is 0.146. The van der Waals surface area contributed by atoms with Crippen molar-refractivity contribution in [3.05, 3.63) is 0 Å². The van der Waals surface area contributed by atoms with E-state index in [0.717, 1.165) is 25.7 Å². The van der Waals surface area contributed by atoms with E-state index in [1.54, 1.807) is 7.11 Å². The molecular formula is C20H38O12. The van der Waals surface area contributed by atoms with E-state index in [2.05, 4.69) is 6.92 Å². The minimum absolute atomic E-state index is 0.102. The number of hydrogen-bond donors (Lipinski definition) is 7. The minimum Gasteiger partial charge on any atom is -0.394 e. The van der Waals surface area contributed by atoms with Gasteiger partial charge in [0, 0.05) is 7.11 Å². The van der Waals surface area contributed by atoms with Crippen molar-refractivity contribution in [2.24, 2.45) is 0 Å². The van der Waals surface area contributed by atoms with Gasteiger partial charge in [-0.15, -0.1) is 0 Å². The number of aliphatic hydroxyl groups is 7. The Morgan fingerprint density at radius 1 is 0.781 bits per heavy atom. The van der Waals surface area contributed by atoms with Crippen molar-refractivity contribution < 1.29 is 59.4 Å². The number of ether oxygens (including phenoxy) is 5. The van der Waals surface area contributed by atoms with Crippen LogP contribution in [0.2, 0.25) is 0 Å². The van der Waals surface area contributed by atoms with Crippen LogP contribution in [0, 0.1) is 0 Å². The third kappa shape index (κ3) is 6.78. The Morgan fingerprint density at radius 3 is 2.00 bits per heavy atom. The van der Waals surface area contributed by atoms with Crippen LogP contribution in [0.4, 0.5) is 0 Å². The standard InChI is InChI=1S/C20H38O12/c1-3-4-5-6-10(28-2)9-29-19-17(27)15(25)18(12(8-22)31-19)32-20-16(26)14(24)13(23)11(7-21)30-20/h10-27H,3-9H2,1-2H3/t10?,11?,12?,13-,14-,15-,16?,17?,18+,19+,20-/m0/s1. The summed E-state index contributed by atoms with van der Waals surface area (Å²) in [7, 11) is 1.55. The molecule has 0 saturated carbocycles. The first-order valence-corrected chi connectivity index (χ1v) is 11.0. The van der Waals surface area contributed by atoms with Gasteiger partial charge < -0.3 is 59.4 Å². The Morgan fingerprint density at radius 2 is 1.41 bits per heavy atom. The summed E-state index contributed by atoms with van der Waals surface area (Å²) in [6.45, 7) is 0.917. The van der Waals surface area contributed by atoms with Gasteiger partial charge in [0.15, 0.2) is 12.6 Å². The van der Waals surface area contributed by atoms with Crippen molar-refractivity contribution in [1.82, 2.24) is 0 Å². The maximum atomic E-state index is 10.6. The van der Waals surface area contributed by atoms with Crippen LogP contribution in [0.3, 0.4) is 0 Å². The van der Waals surface area contributed by atoms with Gasteiger partial charge in [-0.25, -0.2) is 0 Å². The summed E-state index contributed by atoms with van der Waals surface area (Å²) in [5.41, 5.74) is 0. The summed E-state index contributed by atoms with van der Waals surface area (Å²) in [6.07, 6.45) is -11.1. The van der Waals surface area contributed by atoms with Crippen LogP contribution >= 0.6 is 0 Å². The van der Waals surface area contributed by atoms with Gasteiger partial charge in [-0.1, -0.05) is 26.2 Å². The highest BCUT2D eigenvalue weighted by Crippen LogP contribution is 2.29. The van der Waals surface area contributed by atoms with Crippen LogP contribution in [0.5, 0.6) is 0 Å². The van der Waals surface area contributed by atoms with E-state index in [1.807, 2.05) is 0 Å². The molecule has 0 aromatic rings. The predicted octanol–water partition coefficient (Wildman–Crippen LogP) is -2.78. The first-order chi connectivity index (χ1) is 15.3. The van der Waals surface area contributed by atoms with Crippen molar-refractivity contribution in [3.63, 3.8) is 0 Å². The fourth-order valence-corrected chi connectivity index (χ4v) is 3.79. The third-order valence-corrected chi connectivity index (χ3v) is 5.87. The van der Waals surface area contributed by atoms with Crippen LogP contribution in [0.25, 0.3) is 0 Å². The minimum atomic E-state index is -1.71. The van der Waals surface area contributed by atoms with Gasteiger partial charge in [-0.2, -0.15) is 0 Å². The fraction of sp³-hybridized carbons (Fsp3) is 1.00. The monoisotopic (exact) mass is 470 g/mol. The molecular weight excluding hydrogens is 432 g/mol. The molecule has 12 heteroatoms. The zero-order valence-electron chi connectivity index (χ0n) is 18.5. The number of unbranched alkanes of at least 4 members (excludes halogenated alkanes) is 2. The SMILES string of the molecule is CCCCCC(CO[C@@H]1OC(CO)[C@@H](O[C@@H]2OC(CO)[C@H](O)[C@H](O)C2O)[C@@H](O)C1O)OC. The van der Waals surface area contributed by atoms with Crippen molar-refractivity contribution in [3.8, 4) is 0 Å². The fourth-order valence-electron chi connectivity index (χ4n) is 3.79. The van der Waals surface area contributed by atoms with E-state index in [-0.39, 0.29) is 12.7 Å². The summed E-state index contributed by atoms with van der Waals surface area (Å²) in [4.78, 5) is 0. The highest BCUT2D eigenvalue weighted by molar-refractivity contribution is 4.94. The molecule has 11 atom stereocenters. The number of rotatable bonds is 12. The molecule has 12 nitrogen and oxygen atoms in total. The smallest absolute Gasteiger partial charge is 0.187 e. The average molecular weight is 471 g/mol. The molecule has 2 aliphatic heterocycles. The molecule has 2 heterocycles. The van der Waals surface area contributed by atoms with E-state index in [0.29, 0.717) is 0 Å². The molecule has 0 aliphatic carbocycles. The Labute approximate surface area is 187 Å². The largest absolute Gasteiger partial charge is 0.394 e. The highest BCUT2D eigenvalue weighted by atomic mass is 16.7. The topological polar surface area (TPSA) is 188 Å². The molecule has 0 amide bonds. The number of methoxy groups -OCH3 is 1. The molecule has 32 heavy (non-hydrogen) atoms. The lowest BCUT2D eigenvalue weighted by Crippen LogP contribution is -2.64. The molecule has 0 radical (unpaired) electrons. The predicted molar refractivity (Wildman–Crippen MR) is 107 cm³/mol. The third-order valence-electron chi connectivity index (χ3n) is 5.87. The number of aliphatic hydroxyl groups excluding tert-OH is 7. The second-order valence-electron chi connectivity index (χ2n) is 8.19. The second kappa shape index (κ2) is 13.4. The Bertz CT molecular complexity index is 521. The molecule has 0 spiro atoms. The maximum absolute atomic E-state index is 10.6. The van der Waals surface area contributed by atoms with Gasteiger partial charge >= 0.3 is 0 Å². The highest BCUT2D eigenvalue weighted by Gasteiger charge is 2.50. The molecule has 2 fully saturated rings. The molecule has 7 N–H and O–H groups in total. The van der Waals surface area contributed by atoms with Crippen LogP contribution in [0.15, 0.2) is 0 Å². The summed E-state index contributed by atoms with van der Waals surface area (Å²) in [6, 6.07) is 0. The summed E-state index contributed by atoms with van der Waals surface area (Å²) < 4.78 is 27.3. The normalized spacial score (nSPS) is 41.5. The Kier molecular flexibility index (Phi) is 11.6. The van der Waals surface area contributed by atoms with Crippen LogP contribution < -0.4 is 0 Å². The zero-order chi connectivity index (χ0) is 23.8. The first kappa shape index (κ1) is 27.8. The summed E-state index contributed by atoms with van der Waals surface area (Å²) >= 11 is 0. The van der Waals surface area contributed by atoms with E-state index in [4.69, 9.17) is 23.7 Å². The van der Waals surface area contributed by atoms with Gasteiger partial charge in [0.2, 0.25) is 0 Å². The summed E-state index contributed by atoms with van der Waals surface area (Å²) in [5, 5.41) is 70.0. The van der Waals surface area contributed by atoms with Gasteiger partial charge in [-0.3, -0.25) is 0 Å². The molecule has 190 valence electrons. The van der Waals surface area contributed by atoms with Crippen molar-refractivity contribution in [2.75, 3.05) is 26.9 Å². The Balaban J connectivity index is 1.99. The number of hydrogen-bond acceptors (Lipinski definition) is 12. The van der Waals surface area contributed by atoms with E-state index in [1.165, 1.54) is 0 Å². The second-order valence-corrected chi connectivity index (χ2v) is 8.19. The molecule has 0 aromatic carbocycles. The van der Waals surface area contributed by atoms with Gasteiger partial charge in [0.1, 0.15) is 48.8 Å². The van der Waals surface area contributed by atoms with Gasteiger partial charge in [-0.05, 0) is 6.42 Å². The van der Waals surface area contributed by atoms with E-state index < -0.39 is 74.6 Å². The zero-order valence-corrected chi connectivity index (χ0v) is 18.5. The molecule has 0 bridgehead atoms.